The molecule has 0 saturated heterocycles. The minimum atomic E-state index is -0.481. The molecule has 8 nitrogen and oxygen atoms in total. The smallest absolute Gasteiger partial charge is 0.280 e. The number of benzene rings is 3. The quantitative estimate of drug-likeness (QED) is 0.101. The van der Waals surface area contributed by atoms with Gasteiger partial charge in [-0.2, -0.15) is 5.43 Å². The summed E-state index contributed by atoms with van der Waals surface area (Å²) in [7, 11) is 0. The number of hydrogen-bond donors (Lipinski definition) is 1. The first-order valence-corrected chi connectivity index (χ1v) is 10.6. The van der Waals surface area contributed by atoms with E-state index < -0.39 is 4.92 Å². The summed E-state index contributed by atoms with van der Waals surface area (Å²) in [5.41, 5.74) is 5.24. The van der Waals surface area contributed by atoms with Crippen molar-refractivity contribution in [1.29, 1.82) is 0 Å². The van der Waals surface area contributed by atoms with Crippen molar-refractivity contribution in [3.63, 3.8) is 0 Å². The summed E-state index contributed by atoms with van der Waals surface area (Å²) in [5, 5.41) is 19.8. The number of nitrogens with zero attached hydrogens (tertiary/aromatic N) is 4. The number of rotatable bonds is 6. The molecule has 9 heteroatoms. The first-order chi connectivity index (χ1) is 16.0. The molecule has 162 valence electrons. The highest BCUT2D eigenvalue weighted by molar-refractivity contribution is 9.10. The van der Waals surface area contributed by atoms with Crippen LogP contribution in [-0.4, -0.2) is 21.6 Å². The molecule has 0 aliphatic carbocycles. The van der Waals surface area contributed by atoms with Gasteiger partial charge in [-0.05, 0) is 36.4 Å². The van der Waals surface area contributed by atoms with Crippen LogP contribution in [0.3, 0.4) is 0 Å². The lowest BCUT2D eigenvalue weighted by Crippen LogP contribution is -2.51. The van der Waals surface area contributed by atoms with Gasteiger partial charge in [0.1, 0.15) is 11.9 Å². The first kappa shape index (κ1) is 22.0. The molecule has 0 aliphatic heterocycles. The molecular formula is C24H17BrN5O3+. The summed E-state index contributed by atoms with van der Waals surface area (Å²) >= 11 is 3.42. The predicted octanol–water partition coefficient (Wildman–Crippen LogP) is 4.86. The van der Waals surface area contributed by atoms with Gasteiger partial charge in [-0.25, -0.2) is 0 Å². The summed E-state index contributed by atoms with van der Waals surface area (Å²) in [4.78, 5) is 23.7. The number of nitrogens with one attached hydrogen (secondary N) is 1. The van der Waals surface area contributed by atoms with E-state index in [2.05, 4.69) is 31.6 Å². The van der Waals surface area contributed by atoms with Gasteiger partial charge in [-0.1, -0.05) is 68.2 Å². The molecule has 0 unspecified atom stereocenters. The van der Waals surface area contributed by atoms with Crippen LogP contribution in [0.5, 0.6) is 0 Å². The molecule has 1 heterocycles. The molecule has 1 N–H and O–H groups in total. The van der Waals surface area contributed by atoms with E-state index in [1.807, 2.05) is 36.4 Å². The zero-order valence-electron chi connectivity index (χ0n) is 17.1. The lowest BCUT2D eigenvalue weighted by Gasteiger charge is -2.04. The number of non-ortho nitro benzene ring substituents is 1. The average molecular weight is 503 g/mol. The first-order valence-electron chi connectivity index (χ1n) is 9.84. The molecule has 3 aromatic carbocycles. The Morgan fingerprint density at radius 3 is 2.30 bits per heavy atom. The Morgan fingerprint density at radius 1 is 0.939 bits per heavy atom. The van der Waals surface area contributed by atoms with Crippen molar-refractivity contribution in [2.24, 2.45) is 5.10 Å². The van der Waals surface area contributed by atoms with Crippen LogP contribution < -0.4 is 10.1 Å². The number of aromatic nitrogens is 2. The van der Waals surface area contributed by atoms with Crippen molar-refractivity contribution in [2.75, 3.05) is 5.43 Å². The summed E-state index contributed by atoms with van der Waals surface area (Å²) < 4.78 is 2.36. The summed E-state index contributed by atoms with van der Waals surface area (Å²) in [6, 6.07) is 25.8. The van der Waals surface area contributed by atoms with Gasteiger partial charge in [0.05, 0.1) is 15.7 Å². The maximum Gasteiger partial charge on any atom is 0.421 e. The molecule has 1 aromatic heterocycles. The van der Waals surface area contributed by atoms with Gasteiger partial charge >= 0.3 is 5.84 Å². The standard InChI is InChI=1S/C24H16BrN5O3/c25-19-10-8-17(9-11-19)22-7-4-16-29(28-22)24(23(31)18-5-2-1-3-6-18)27-26-20-12-14-21(15-13-20)30(32)33/h1-16H/p+1. The largest absolute Gasteiger partial charge is 0.421 e. The second-order valence-corrected chi connectivity index (χ2v) is 7.81. The topological polar surface area (TPSA) is 101 Å². The molecule has 0 spiro atoms. The Bertz CT molecular complexity index is 1320. The highest BCUT2D eigenvalue weighted by Crippen LogP contribution is 2.19. The Morgan fingerprint density at radius 2 is 1.64 bits per heavy atom. The Balaban J connectivity index is 1.72. The molecule has 0 saturated carbocycles. The number of hydrogen-bond acceptors (Lipinski definition) is 6. The third-order valence-corrected chi connectivity index (χ3v) is 5.19. The minimum Gasteiger partial charge on any atom is -0.280 e. The van der Waals surface area contributed by atoms with Crippen LogP contribution >= 0.6 is 15.9 Å². The number of nitro groups is 1. The minimum absolute atomic E-state index is 0.0386. The van der Waals surface area contributed by atoms with Crippen molar-refractivity contribution in [3.05, 3.63) is 117 Å². The third-order valence-electron chi connectivity index (χ3n) is 4.66. The monoisotopic (exact) mass is 502 g/mol. The summed E-state index contributed by atoms with van der Waals surface area (Å²) in [6.07, 6.45) is 1.64. The lowest BCUT2D eigenvalue weighted by atomic mass is 10.1. The van der Waals surface area contributed by atoms with Gasteiger partial charge in [0.15, 0.2) is 0 Å². The van der Waals surface area contributed by atoms with Gasteiger partial charge in [0, 0.05) is 27.7 Å². The van der Waals surface area contributed by atoms with E-state index in [0.29, 0.717) is 16.9 Å². The maximum atomic E-state index is 13.3. The Kier molecular flexibility index (Phi) is 6.61. The number of nitro benzene ring substituents is 1. The zero-order valence-corrected chi connectivity index (χ0v) is 18.7. The Labute approximate surface area is 197 Å². The average Bonchev–Trinajstić information content (AvgIpc) is 2.85. The summed E-state index contributed by atoms with van der Waals surface area (Å²) in [6.45, 7) is 0. The van der Waals surface area contributed by atoms with Crippen molar-refractivity contribution < 1.29 is 14.4 Å². The van der Waals surface area contributed by atoms with Crippen molar-refractivity contribution in [1.82, 2.24) is 5.10 Å². The molecule has 0 aliphatic rings. The van der Waals surface area contributed by atoms with Gasteiger partial charge in [0.2, 0.25) is 0 Å². The highest BCUT2D eigenvalue weighted by Gasteiger charge is 2.27. The summed E-state index contributed by atoms with van der Waals surface area (Å²) in [5.74, 6) is -0.297. The van der Waals surface area contributed by atoms with E-state index in [1.165, 1.54) is 28.9 Å². The third kappa shape index (κ3) is 5.34. The molecule has 4 rings (SSSR count). The molecule has 0 fully saturated rings. The molecule has 4 aromatic rings. The number of carbonyl (C=O) groups is 1. The SMILES string of the molecule is O=C(C(=NNc1ccc([N+](=O)[O-])cc1)[n+]1cccc(-c2ccc(Br)cc2)n1)c1ccccc1. The van der Waals surface area contributed by atoms with Crippen LogP contribution in [0.2, 0.25) is 0 Å². The van der Waals surface area contributed by atoms with Crippen LogP contribution in [0.15, 0.2) is 107 Å². The Hall–Kier alpha value is -4.24. The second-order valence-electron chi connectivity index (χ2n) is 6.89. The van der Waals surface area contributed by atoms with Crippen LogP contribution in [0.1, 0.15) is 10.4 Å². The highest BCUT2D eigenvalue weighted by atomic mass is 79.9. The van der Waals surface area contributed by atoms with E-state index in [1.54, 1.807) is 36.5 Å². The fourth-order valence-electron chi connectivity index (χ4n) is 2.99. The van der Waals surface area contributed by atoms with Crippen molar-refractivity contribution >= 4 is 38.9 Å². The van der Waals surface area contributed by atoms with Crippen LogP contribution in [0.4, 0.5) is 11.4 Å². The van der Waals surface area contributed by atoms with E-state index in [4.69, 9.17) is 0 Å². The predicted molar refractivity (Wildman–Crippen MR) is 128 cm³/mol. The molecule has 0 radical (unpaired) electrons. The lowest BCUT2D eigenvalue weighted by molar-refractivity contribution is -0.618. The van der Waals surface area contributed by atoms with Crippen LogP contribution in [-0.2, 0) is 0 Å². The molecule has 0 amide bonds. The van der Waals surface area contributed by atoms with Gasteiger partial charge in [0.25, 0.3) is 11.5 Å². The number of halogens is 1. The van der Waals surface area contributed by atoms with Crippen molar-refractivity contribution in [2.45, 2.75) is 0 Å². The van der Waals surface area contributed by atoms with E-state index in [9.17, 15) is 14.9 Å². The van der Waals surface area contributed by atoms with E-state index in [0.717, 1.165) is 10.0 Å². The number of ketones is 1. The van der Waals surface area contributed by atoms with Crippen LogP contribution in [0.25, 0.3) is 11.3 Å². The zero-order chi connectivity index (χ0) is 23.2. The maximum absolute atomic E-state index is 13.3. The molecular weight excluding hydrogens is 486 g/mol. The van der Waals surface area contributed by atoms with Gasteiger partial charge in [-0.15, -0.1) is 0 Å². The number of hydrazone groups is 1. The van der Waals surface area contributed by atoms with Crippen LogP contribution in [0, 0.1) is 10.1 Å². The van der Waals surface area contributed by atoms with Gasteiger partial charge < -0.3 is 0 Å². The fourth-order valence-corrected chi connectivity index (χ4v) is 3.26. The number of carbonyl (C=O) groups excluding carboxylic acids is 1. The molecule has 0 bridgehead atoms. The molecule has 33 heavy (non-hydrogen) atoms. The van der Waals surface area contributed by atoms with Crippen molar-refractivity contribution in [3.8, 4) is 11.3 Å². The second kappa shape index (κ2) is 9.92. The number of Topliss-reactive ketones (excluding diaryl/α,β-unsaturated/α-hetero) is 1. The number of anilines is 1. The van der Waals surface area contributed by atoms with E-state index >= 15 is 0 Å². The molecule has 0 atom stereocenters. The fraction of sp³-hybridized carbons (Fsp3) is 0. The van der Waals surface area contributed by atoms with Gasteiger partial charge in [-0.3, -0.25) is 14.9 Å². The normalized spacial score (nSPS) is 11.1. The van der Waals surface area contributed by atoms with E-state index in [-0.39, 0.29) is 17.3 Å².